The molecule has 0 unspecified atom stereocenters. The molecule has 1 aromatic carbocycles. The molecule has 0 saturated heterocycles. The van der Waals surface area contributed by atoms with Crippen LogP contribution in [-0.2, 0) is 9.59 Å². The molecule has 1 aromatic rings. The van der Waals surface area contributed by atoms with Crippen LogP contribution in [0.25, 0.3) is 0 Å². The van der Waals surface area contributed by atoms with Crippen molar-refractivity contribution in [3.05, 3.63) is 41.6 Å². The van der Waals surface area contributed by atoms with Crippen molar-refractivity contribution in [2.75, 3.05) is 4.90 Å². The number of anilines is 1. The summed E-state index contributed by atoms with van der Waals surface area (Å²) >= 11 is 0. The van der Waals surface area contributed by atoms with Gasteiger partial charge in [-0.2, -0.15) is 0 Å². The average Bonchev–Trinajstić information content (AvgIpc) is 2.61. The highest BCUT2D eigenvalue weighted by Gasteiger charge is 2.30. The second kappa shape index (κ2) is 3.97. The lowest BCUT2D eigenvalue weighted by molar-refractivity contribution is -0.133. The molecule has 1 aliphatic rings. The summed E-state index contributed by atoms with van der Waals surface area (Å²) in [6.45, 7) is 0. The summed E-state index contributed by atoms with van der Waals surface area (Å²) in [4.78, 5) is 22.8. The zero-order valence-electron chi connectivity index (χ0n) is 8.48. The molecule has 1 amide bonds. The first-order valence-corrected chi connectivity index (χ1v) is 4.71. The third-order valence-corrected chi connectivity index (χ3v) is 2.35. The van der Waals surface area contributed by atoms with Gasteiger partial charge in [-0.3, -0.25) is 9.69 Å². The Morgan fingerprint density at radius 3 is 2.35 bits per heavy atom. The number of carbonyl (C=O) groups is 2. The highest BCUT2D eigenvalue weighted by Crippen LogP contribution is 2.29. The molecule has 88 valence electrons. The highest BCUT2D eigenvalue weighted by molar-refractivity contribution is 6.07. The summed E-state index contributed by atoms with van der Waals surface area (Å²) in [6, 6.07) is 3.16. The zero-order chi connectivity index (χ0) is 12.6. The standard InChI is InChI=1S/C11H7F2NO3/c12-7-2-1-3-8(13)10(7)14-5-6(11(16)17)4-9(14)15/h1-3,5H,4H2,(H,16,17). The van der Waals surface area contributed by atoms with Crippen LogP contribution in [0.2, 0.25) is 0 Å². The van der Waals surface area contributed by atoms with Crippen LogP contribution >= 0.6 is 0 Å². The number of carboxylic acids is 1. The first-order valence-electron chi connectivity index (χ1n) is 4.71. The number of rotatable bonds is 2. The van der Waals surface area contributed by atoms with Gasteiger partial charge in [0.1, 0.15) is 17.3 Å². The van der Waals surface area contributed by atoms with Gasteiger partial charge in [0, 0.05) is 6.20 Å². The van der Waals surface area contributed by atoms with Crippen LogP contribution in [0.3, 0.4) is 0 Å². The molecule has 17 heavy (non-hydrogen) atoms. The van der Waals surface area contributed by atoms with Crippen molar-refractivity contribution in [3.63, 3.8) is 0 Å². The number of carboxylic acid groups (broad SMARTS) is 1. The molecule has 1 heterocycles. The van der Waals surface area contributed by atoms with Crippen LogP contribution in [0, 0.1) is 11.6 Å². The van der Waals surface area contributed by atoms with Crippen molar-refractivity contribution in [2.45, 2.75) is 6.42 Å². The summed E-state index contributed by atoms with van der Waals surface area (Å²) in [5, 5.41) is 8.70. The molecular weight excluding hydrogens is 232 g/mol. The Morgan fingerprint density at radius 2 is 1.88 bits per heavy atom. The molecule has 0 radical (unpaired) electrons. The van der Waals surface area contributed by atoms with Crippen molar-refractivity contribution in [3.8, 4) is 0 Å². The Morgan fingerprint density at radius 1 is 1.29 bits per heavy atom. The number of amides is 1. The maximum Gasteiger partial charge on any atom is 0.333 e. The fourth-order valence-electron chi connectivity index (χ4n) is 1.56. The number of carbonyl (C=O) groups excluding carboxylic acids is 1. The number of aliphatic carboxylic acids is 1. The largest absolute Gasteiger partial charge is 0.478 e. The van der Waals surface area contributed by atoms with Gasteiger partial charge in [-0.05, 0) is 12.1 Å². The lowest BCUT2D eigenvalue weighted by Gasteiger charge is -2.14. The van der Waals surface area contributed by atoms with E-state index in [4.69, 9.17) is 5.11 Å². The molecule has 1 N–H and O–H groups in total. The van der Waals surface area contributed by atoms with E-state index in [1.54, 1.807) is 0 Å². The van der Waals surface area contributed by atoms with Gasteiger partial charge in [-0.15, -0.1) is 0 Å². The van der Waals surface area contributed by atoms with Crippen molar-refractivity contribution in [1.29, 1.82) is 0 Å². The molecule has 0 aliphatic carbocycles. The normalized spacial score (nSPS) is 15.1. The summed E-state index contributed by atoms with van der Waals surface area (Å²) in [7, 11) is 0. The van der Waals surface area contributed by atoms with Crippen molar-refractivity contribution in [1.82, 2.24) is 0 Å². The van der Waals surface area contributed by atoms with Gasteiger partial charge in [0.05, 0.1) is 12.0 Å². The van der Waals surface area contributed by atoms with E-state index in [1.807, 2.05) is 0 Å². The smallest absolute Gasteiger partial charge is 0.333 e. The zero-order valence-corrected chi connectivity index (χ0v) is 8.48. The van der Waals surface area contributed by atoms with E-state index < -0.39 is 29.2 Å². The molecule has 2 rings (SSSR count). The minimum atomic E-state index is -1.28. The Hall–Kier alpha value is -2.24. The Balaban J connectivity index is 2.48. The lowest BCUT2D eigenvalue weighted by Crippen LogP contribution is -2.22. The lowest BCUT2D eigenvalue weighted by atomic mass is 10.2. The summed E-state index contributed by atoms with van der Waals surface area (Å²) in [5.41, 5.74) is -0.744. The number of halogens is 2. The topological polar surface area (TPSA) is 57.6 Å². The van der Waals surface area contributed by atoms with E-state index in [-0.39, 0.29) is 12.0 Å². The van der Waals surface area contributed by atoms with E-state index in [2.05, 4.69) is 0 Å². The average molecular weight is 239 g/mol. The first kappa shape index (κ1) is 11.3. The summed E-state index contributed by atoms with van der Waals surface area (Å²) in [5.74, 6) is -3.79. The molecule has 0 spiro atoms. The van der Waals surface area contributed by atoms with Crippen LogP contribution in [0.1, 0.15) is 6.42 Å². The van der Waals surface area contributed by atoms with E-state index in [0.717, 1.165) is 24.4 Å². The number of hydrogen-bond acceptors (Lipinski definition) is 2. The van der Waals surface area contributed by atoms with Gasteiger partial charge >= 0.3 is 5.97 Å². The Labute approximate surface area is 94.8 Å². The minimum Gasteiger partial charge on any atom is -0.478 e. The maximum atomic E-state index is 13.4. The molecule has 6 heteroatoms. The van der Waals surface area contributed by atoms with Gasteiger partial charge in [-0.25, -0.2) is 13.6 Å². The third kappa shape index (κ3) is 1.89. The van der Waals surface area contributed by atoms with Gasteiger partial charge in [-0.1, -0.05) is 6.07 Å². The van der Waals surface area contributed by atoms with Gasteiger partial charge in [0.2, 0.25) is 5.91 Å². The Bertz CT molecular complexity index is 519. The molecule has 0 atom stereocenters. The molecule has 0 aromatic heterocycles. The second-order valence-corrected chi connectivity index (χ2v) is 3.47. The van der Waals surface area contributed by atoms with Crippen LogP contribution in [0.4, 0.5) is 14.5 Å². The summed E-state index contributed by atoms with van der Waals surface area (Å²) < 4.78 is 26.8. The number of hydrogen-bond donors (Lipinski definition) is 1. The van der Waals surface area contributed by atoms with Crippen molar-refractivity contribution >= 4 is 17.6 Å². The minimum absolute atomic E-state index is 0.197. The molecule has 4 nitrogen and oxygen atoms in total. The van der Waals surface area contributed by atoms with E-state index in [0.29, 0.717) is 4.90 Å². The predicted octanol–water partition coefficient (Wildman–Crippen LogP) is 1.67. The van der Waals surface area contributed by atoms with Crippen molar-refractivity contribution in [2.24, 2.45) is 0 Å². The van der Waals surface area contributed by atoms with E-state index in [1.165, 1.54) is 0 Å². The maximum absolute atomic E-state index is 13.4. The van der Waals surface area contributed by atoms with Crippen LogP contribution in [0.5, 0.6) is 0 Å². The van der Waals surface area contributed by atoms with E-state index in [9.17, 15) is 18.4 Å². The number of benzene rings is 1. The molecule has 1 aliphatic heterocycles. The second-order valence-electron chi connectivity index (χ2n) is 3.47. The van der Waals surface area contributed by atoms with Gasteiger partial charge < -0.3 is 5.11 Å². The van der Waals surface area contributed by atoms with Gasteiger partial charge in [0.15, 0.2) is 0 Å². The Kier molecular flexibility index (Phi) is 2.63. The number of nitrogens with zero attached hydrogens (tertiary/aromatic N) is 1. The van der Waals surface area contributed by atoms with E-state index >= 15 is 0 Å². The molecule has 0 bridgehead atoms. The molecule has 0 saturated carbocycles. The first-order chi connectivity index (χ1) is 8.00. The predicted molar refractivity (Wildman–Crippen MR) is 54.2 cm³/mol. The molecular formula is C11H7F2NO3. The highest BCUT2D eigenvalue weighted by atomic mass is 19.1. The van der Waals surface area contributed by atoms with Crippen LogP contribution < -0.4 is 4.90 Å². The third-order valence-electron chi connectivity index (χ3n) is 2.35. The van der Waals surface area contributed by atoms with Crippen LogP contribution in [-0.4, -0.2) is 17.0 Å². The van der Waals surface area contributed by atoms with Crippen molar-refractivity contribution < 1.29 is 23.5 Å². The monoisotopic (exact) mass is 239 g/mol. The summed E-state index contributed by atoms with van der Waals surface area (Å²) in [6.07, 6.45) is 0.565. The van der Waals surface area contributed by atoms with Crippen LogP contribution in [0.15, 0.2) is 30.0 Å². The molecule has 0 fully saturated rings. The SMILES string of the molecule is O=C(O)C1=CN(c2c(F)cccc2F)C(=O)C1. The fraction of sp³-hybridized carbons (Fsp3) is 0.0909. The number of para-hydroxylation sites is 1. The quantitative estimate of drug-likeness (QED) is 0.854. The fourth-order valence-corrected chi connectivity index (χ4v) is 1.56. The van der Waals surface area contributed by atoms with Gasteiger partial charge in [0.25, 0.3) is 0 Å².